The highest BCUT2D eigenvalue weighted by atomic mass is 16.5. The normalized spacial score (nSPS) is 11.5. The van der Waals surface area contributed by atoms with Crippen molar-refractivity contribution in [3.8, 4) is 0 Å². The fraction of sp³-hybridized carbons (Fsp3) is 0.727. The lowest BCUT2D eigenvalue weighted by Gasteiger charge is -2.05. The van der Waals surface area contributed by atoms with Crippen LogP contribution < -0.4 is 5.73 Å². The van der Waals surface area contributed by atoms with Crippen LogP contribution in [0, 0.1) is 0 Å². The molecular formula is C11H21NO2. The highest BCUT2D eigenvalue weighted by molar-refractivity contribution is 5.88. The SMILES string of the molecule is CCC=C(CC)C(=O)OCCCCN. The van der Waals surface area contributed by atoms with Crippen LogP contribution in [0.25, 0.3) is 0 Å². The molecule has 0 saturated heterocycles. The second-order valence-corrected chi connectivity index (χ2v) is 3.12. The van der Waals surface area contributed by atoms with Crippen molar-refractivity contribution in [3.63, 3.8) is 0 Å². The van der Waals surface area contributed by atoms with Gasteiger partial charge in [0.05, 0.1) is 6.61 Å². The standard InChI is InChI=1S/C11H21NO2/c1-3-7-10(4-2)11(13)14-9-6-5-8-12/h7H,3-6,8-9,12H2,1-2H3. The van der Waals surface area contributed by atoms with Crippen LogP contribution in [0.3, 0.4) is 0 Å². The van der Waals surface area contributed by atoms with Crippen LogP contribution in [0.5, 0.6) is 0 Å². The highest BCUT2D eigenvalue weighted by Crippen LogP contribution is 2.05. The average molecular weight is 199 g/mol. The smallest absolute Gasteiger partial charge is 0.333 e. The Bertz CT molecular complexity index is 188. The van der Waals surface area contributed by atoms with E-state index < -0.39 is 0 Å². The van der Waals surface area contributed by atoms with Gasteiger partial charge in [-0.1, -0.05) is 19.9 Å². The van der Waals surface area contributed by atoms with E-state index in [9.17, 15) is 4.79 Å². The largest absolute Gasteiger partial charge is 0.462 e. The molecule has 0 spiro atoms. The Labute approximate surface area is 86.3 Å². The lowest BCUT2D eigenvalue weighted by atomic mass is 10.2. The predicted octanol–water partition coefficient (Wildman–Crippen LogP) is 2.01. The number of carbonyl (C=O) groups is 1. The minimum absolute atomic E-state index is 0.175. The van der Waals surface area contributed by atoms with Crippen molar-refractivity contribution in [2.24, 2.45) is 5.73 Å². The maximum atomic E-state index is 11.4. The Kier molecular flexibility index (Phi) is 8.24. The molecule has 0 aromatic rings. The zero-order chi connectivity index (χ0) is 10.8. The van der Waals surface area contributed by atoms with E-state index in [1.165, 1.54) is 0 Å². The average Bonchev–Trinajstić information content (AvgIpc) is 2.20. The quantitative estimate of drug-likeness (QED) is 0.387. The summed E-state index contributed by atoms with van der Waals surface area (Å²) in [6, 6.07) is 0. The number of nitrogens with two attached hydrogens (primary N) is 1. The number of unbranched alkanes of at least 4 members (excludes halogenated alkanes) is 1. The summed E-state index contributed by atoms with van der Waals surface area (Å²) in [4.78, 5) is 11.4. The maximum absolute atomic E-state index is 11.4. The maximum Gasteiger partial charge on any atom is 0.333 e. The van der Waals surface area contributed by atoms with E-state index >= 15 is 0 Å². The van der Waals surface area contributed by atoms with Crippen LogP contribution in [0.2, 0.25) is 0 Å². The van der Waals surface area contributed by atoms with Crippen molar-refractivity contribution in [1.29, 1.82) is 0 Å². The van der Waals surface area contributed by atoms with Gasteiger partial charge < -0.3 is 10.5 Å². The lowest BCUT2D eigenvalue weighted by Crippen LogP contribution is -2.10. The van der Waals surface area contributed by atoms with Crippen LogP contribution in [0.1, 0.15) is 39.5 Å². The van der Waals surface area contributed by atoms with Crippen molar-refractivity contribution in [2.45, 2.75) is 39.5 Å². The van der Waals surface area contributed by atoms with Gasteiger partial charge in [-0.3, -0.25) is 0 Å². The predicted molar refractivity (Wildman–Crippen MR) is 57.9 cm³/mol. The Morgan fingerprint density at radius 1 is 1.36 bits per heavy atom. The number of rotatable bonds is 7. The van der Waals surface area contributed by atoms with Crippen LogP contribution in [0.15, 0.2) is 11.6 Å². The molecule has 0 aliphatic carbocycles. The number of hydrogen-bond donors (Lipinski definition) is 1. The summed E-state index contributed by atoms with van der Waals surface area (Å²) in [5, 5.41) is 0. The lowest BCUT2D eigenvalue weighted by molar-refractivity contribution is -0.139. The summed E-state index contributed by atoms with van der Waals surface area (Å²) in [5.74, 6) is -0.175. The minimum atomic E-state index is -0.175. The number of hydrogen-bond acceptors (Lipinski definition) is 3. The summed E-state index contributed by atoms with van der Waals surface area (Å²) >= 11 is 0. The highest BCUT2D eigenvalue weighted by Gasteiger charge is 2.07. The molecule has 0 radical (unpaired) electrons. The van der Waals surface area contributed by atoms with Gasteiger partial charge in [0.1, 0.15) is 0 Å². The molecule has 0 heterocycles. The monoisotopic (exact) mass is 199 g/mol. The van der Waals surface area contributed by atoms with E-state index in [-0.39, 0.29) is 5.97 Å². The molecule has 0 aromatic heterocycles. The van der Waals surface area contributed by atoms with Gasteiger partial charge in [0.25, 0.3) is 0 Å². The second-order valence-electron chi connectivity index (χ2n) is 3.12. The Morgan fingerprint density at radius 3 is 2.57 bits per heavy atom. The van der Waals surface area contributed by atoms with E-state index in [4.69, 9.17) is 10.5 Å². The zero-order valence-electron chi connectivity index (χ0n) is 9.21. The summed E-state index contributed by atoms with van der Waals surface area (Å²) in [6.45, 7) is 5.11. The summed E-state index contributed by atoms with van der Waals surface area (Å²) in [5.41, 5.74) is 6.11. The Hall–Kier alpha value is -0.830. The Morgan fingerprint density at radius 2 is 2.07 bits per heavy atom. The molecule has 82 valence electrons. The van der Waals surface area contributed by atoms with Gasteiger partial charge in [0.2, 0.25) is 0 Å². The molecule has 3 nitrogen and oxygen atoms in total. The molecule has 0 aliphatic heterocycles. The van der Waals surface area contributed by atoms with Gasteiger partial charge in [-0.05, 0) is 32.2 Å². The van der Waals surface area contributed by atoms with E-state index in [1.807, 2.05) is 19.9 Å². The van der Waals surface area contributed by atoms with Gasteiger partial charge in [-0.2, -0.15) is 0 Å². The molecule has 3 heteroatoms. The molecular weight excluding hydrogens is 178 g/mol. The number of ether oxygens (including phenoxy) is 1. The van der Waals surface area contributed by atoms with E-state index in [0.29, 0.717) is 13.2 Å². The molecule has 14 heavy (non-hydrogen) atoms. The van der Waals surface area contributed by atoms with Crippen LogP contribution in [-0.4, -0.2) is 19.1 Å². The molecule has 0 aliphatic rings. The number of allylic oxidation sites excluding steroid dienone is 1. The van der Waals surface area contributed by atoms with Gasteiger partial charge in [0.15, 0.2) is 0 Å². The van der Waals surface area contributed by atoms with Crippen LogP contribution in [-0.2, 0) is 9.53 Å². The molecule has 0 saturated carbocycles. The Balaban J connectivity index is 3.76. The summed E-state index contributed by atoms with van der Waals surface area (Å²) < 4.78 is 5.09. The van der Waals surface area contributed by atoms with Crippen molar-refractivity contribution >= 4 is 5.97 Å². The third kappa shape index (κ3) is 5.75. The fourth-order valence-electron chi connectivity index (χ4n) is 1.12. The van der Waals surface area contributed by atoms with E-state index in [0.717, 1.165) is 31.3 Å². The molecule has 0 amide bonds. The summed E-state index contributed by atoms with van der Waals surface area (Å²) in [6.07, 6.45) is 5.30. The van der Waals surface area contributed by atoms with Crippen molar-refractivity contribution in [2.75, 3.05) is 13.2 Å². The van der Waals surface area contributed by atoms with Gasteiger partial charge in [0, 0.05) is 5.57 Å². The van der Waals surface area contributed by atoms with Crippen molar-refractivity contribution in [3.05, 3.63) is 11.6 Å². The minimum Gasteiger partial charge on any atom is -0.462 e. The third-order valence-corrected chi connectivity index (χ3v) is 1.93. The molecule has 0 fully saturated rings. The second kappa shape index (κ2) is 8.75. The van der Waals surface area contributed by atoms with Gasteiger partial charge in [-0.15, -0.1) is 0 Å². The number of esters is 1. The van der Waals surface area contributed by atoms with E-state index in [2.05, 4.69) is 0 Å². The van der Waals surface area contributed by atoms with Gasteiger partial charge in [-0.25, -0.2) is 4.79 Å². The summed E-state index contributed by atoms with van der Waals surface area (Å²) in [7, 11) is 0. The topological polar surface area (TPSA) is 52.3 Å². The molecule has 0 atom stereocenters. The van der Waals surface area contributed by atoms with Gasteiger partial charge >= 0.3 is 5.97 Å². The van der Waals surface area contributed by atoms with Crippen LogP contribution >= 0.6 is 0 Å². The van der Waals surface area contributed by atoms with Crippen molar-refractivity contribution < 1.29 is 9.53 Å². The van der Waals surface area contributed by atoms with E-state index in [1.54, 1.807) is 0 Å². The zero-order valence-corrected chi connectivity index (χ0v) is 9.21. The molecule has 0 rings (SSSR count). The molecule has 0 unspecified atom stereocenters. The first-order valence-electron chi connectivity index (χ1n) is 5.32. The molecule has 0 bridgehead atoms. The number of carbonyl (C=O) groups excluding carboxylic acids is 1. The third-order valence-electron chi connectivity index (χ3n) is 1.93. The first-order valence-corrected chi connectivity index (χ1v) is 5.32. The van der Waals surface area contributed by atoms with Crippen molar-refractivity contribution in [1.82, 2.24) is 0 Å². The molecule has 2 N–H and O–H groups in total. The fourth-order valence-corrected chi connectivity index (χ4v) is 1.12. The first-order chi connectivity index (χ1) is 6.76. The first kappa shape index (κ1) is 13.2. The van der Waals surface area contributed by atoms with Crippen LogP contribution in [0.4, 0.5) is 0 Å². The molecule has 0 aromatic carbocycles.